The second kappa shape index (κ2) is 11.6. The summed E-state index contributed by atoms with van der Waals surface area (Å²) >= 11 is 3.99. The first-order valence-electron chi connectivity index (χ1n) is 10.9. The largest absolute Gasteiger partial charge is 0.772 e. The predicted molar refractivity (Wildman–Crippen MR) is 131 cm³/mol. The van der Waals surface area contributed by atoms with Crippen molar-refractivity contribution in [1.29, 1.82) is 0 Å². The molecule has 8 heteroatoms. The van der Waals surface area contributed by atoms with Crippen molar-refractivity contribution in [3.05, 3.63) is 75.3 Å². The van der Waals surface area contributed by atoms with E-state index in [-0.39, 0.29) is 29.8 Å². The molecule has 0 aliphatic heterocycles. The minimum absolute atomic E-state index is 0.156. The fourth-order valence-corrected chi connectivity index (χ4v) is 4.55. The predicted octanol–water partition coefficient (Wildman–Crippen LogP) is 7.50. The molecule has 0 heterocycles. The molecule has 0 aliphatic carbocycles. The molecule has 2 aromatic rings. The van der Waals surface area contributed by atoms with Crippen LogP contribution >= 0.6 is 11.6 Å². The first-order valence-corrected chi connectivity index (χ1v) is 12.5. The quantitative estimate of drug-likeness (QED) is 0.244. The van der Waals surface area contributed by atoms with Gasteiger partial charge in [-0.1, -0.05) is 66.9 Å². The number of hydrogen-bond acceptors (Lipinski definition) is 3. The fraction of sp³-hybridized carbons (Fsp3) is 0.423. The third-order valence-electron chi connectivity index (χ3n) is 5.68. The molecular weight excluding hydrogens is 485 g/mol. The molecule has 1 unspecified atom stereocenters. The van der Waals surface area contributed by atoms with Gasteiger partial charge in [0, 0.05) is 29.2 Å². The highest BCUT2D eigenvalue weighted by atomic mass is 35.5. The highest BCUT2D eigenvalue weighted by molar-refractivity contribution is 7.79. The van der Waals surface area contributed by atoms with Crippen LogP contribution in [0.5, 0.6) is 0 Å². The summed E-state index contributed by atoms with van der Waals surface area (Å²) in [4.78, 5) is 12.4. The van der Waals surface area contributed by atoms with Crippen LogP contribution in [0.1, 0.15) is 72.1 Å². The van der Waals surface area contributed by atoms with Gasteiger partial charge in [0.05, 0.1) is 0 Å². The van der Waals surface area contributed by atoms with Crippen LogP contribution in [0.15, 0.2) is 42.5 Å². The van der Waals surface area contributed by atoms with Gasteiger partial charge in [0.2, 0.25) is 0 Å². The molecule has 2 rings (SSSR count). The van der Waals surface area contributed by atoms with Gasteiger partial charge in [0.1, 0.15) is 0 Å². The first kappa shape index (κ1) is 28.3. The lowest BCUT2D eigenvalue weighted by atomic mass is 9.77. The second-order valence-electron chi connectivity index (χ2n) is 9.20. The Kier molecular flexibility index (Phi) is 9.69. The summed E-state index contributed by atoms with van der Waals surface area (Å²) in [5, 5.41) is 0.624. The highest BCUT2D eigenvalue weighted by Gasteiger charge is 2.27. The van der Waals surface area contributed by atoms with Gasteiger partial charge in [-0.05, 0) is 72.1 Å². The molecular formula is C26H29ClF3O3S-. The maximum absolute atomic E-state index is 12.4. The Balaban J connectivity index is 2.32. The molecule has 2 aromatic carbocycles. The summed E-state index contributed by atoms with van der Waals surface area (Å²) < 4.78 is 59.7. The summed E-state index contributed by atoms with van der Waals surface area (Å²) in [7, 11) is 0. The van der Waals surface area contributed by atoms with E-state index < -0.39 is 23.7 Å². The number of alkyl halides is 3. The number of rotatable bonds is 10. The lowest BCUT2D eigenvalue weighted by Gasteiger charge is -2.28. The molecule has 0 saturated heterocycles. The second-order valence-corrected chi connectivity index (χ2v) is 10.6. The molecule has 0 fully saturated rings. The number of aryl methyl sites for hydroxylation is 2. The SMILES string of the molecule is Cc1cc(Cl)cc(C(C)(C)CC(=CCS(=O)[O-])c2ccc(C(=O)CCCC(F)(F)F)c(C)c2)c1. The van der Waals surface area contributed by atoms with E-state index in [0.717, 1.165) is 22.3 Å². The maximum atomic E-state index is 12.4. The molecule has 0 bridgehead atoms. The number of Topliss-reactive ketones (excluding diaryl/α,β-unsaturated/α-hetero) is 1. The van der Waals surface area contributed by atoms with Crippen LogP contribution in [0.25, 0.3) is 5.57 Å². The molecule has 0 spiro atoms. The van der Waals surface area contributed by atoms with Crippen LogP contribution in [0.4, 0.5) is 13.2 Å². The van der Waals surface area contributed by atoms with E-state index in [1.807, 2.05) is 39.0 Å². The average Bonchev–Trinajstić information content (AvgIpc) is 2.69. The first-order chi connectivity index (χ1) is 15.7. The number of ketones is 1. The molecule has 1 atom stereocenters. The highest BCUT2D eigenvalue weighted by Crippen LogP contribution is 2.36. The van der Waals surface area contributed by atoms with Crippen LogP contribution in [0.3, 0.4) is 0 Å². The van der Waals surface area contributed by atoms with E-state index in [1.165, 1.54) is 0 Å². The van der Waals surface area contributed by atoms with Crippen LogP contribution in [0.2, 0.25) is 5.02 Å². The van der Waals surface area contributed by atoms with Gasteiger partial charge in [-0.25, -0.2) is 0 Å². The monoisotopic (exact) mass is 513 g/mol. The van der Waals surface area contributed by atoms with Crippen molar-refractivity contribution in [2.45, 2.75) is 65.0 Å². The van der Waals surface area contributed by atoms with Gasteiger partial charge in [-0.2, -0.15) is 13.2 Å². The topological polar surface area (TPSA) is 57.2 Å². The average molecular weight is 514 g/mol. The molecule has 0 aromatic heterocycles. The normalized spacial score (nSPS) is 13.7. The van der Waals surface area contributed by atoms with Gasteiger partial charge < -0.3 is 4.55 Å². The summed E-state index contributed by atoms with van der Waals surface area (Å²) in [5.41, 5.74) is 4.24. The summed E-state index contributed by atoms with van der Waals surface area (Å²) in [6.07, 6.45) is -3.54. The molecule has 0 aliphatic rings. The molecule has 0 amide bonds. The Bertz CT molecular complexity index is 1070. The van der Waals surface area contributed by atoms with E-state index in [2.05, 4.69) is 0 Å². The van der Waals surface area contributed by atoms with Crippen LogP contribution in [-0.2, 0) is 16.5 Å². The van der Waals surface area contributed by atoms with Crippen LogP contribution in [-0.4, -0.2) is 26.5 Å². The zero-order chi connectivity index (χ0) is 25.7. The van der Waals surface area contributed by atoms with Crippen molar-refractivity contribution < 1.29 is 26.7 Å². The van der Waals surface area contributed by atoms with Crippen molar-refractivity contribution in [3.63, 3.8) is 0 Å². The van der Waals surface area contributed by atoms with E-state index in [9.17, 15) is 26.7 Å². The van der Waals surface area contributed by atoms with Crippen molar-refractivity contribution >= 4 is 34.0 Å². The van der Waals surface area contributed by atoms with E-state index in [0.29, 0.717) is 22.6 Å². The minimum Gasteiger partial charge on any atom is -0.772 e. The zero-order valence-corrected chi connectivity index (χ0v) is 21.3. The molecule has 186 valence electrons. The van der Waals surface area contributed by atoms with E-state index in [1.54, 1.807) is 31.2 Å². The Morgan fingerprint density at radius 2 is 1.79 bits per heavy atom. The van der Waals surface area contributed by atoms with Crippen LogP contribution < -0.4 is 0 Å². The summed E-state index contributed by atoms with van der Waals surface area (Å²) in [5.74, 6) is -0.494. The number of hydrogen-bond donors (Lipinski definition) is 0. The van der Waals surface area contributed by atoms with Gasteiger partial charge in [0.15, 0.2) is 5.78 Å². The number of benzene rings is 2. The Morgan fingerprint density at radius 3 is 2.35 bits per heavy atom. The number of allylic oxidation sites excluding steroid dienone is 1. The van der Waals surface area contributed by atoms with Gasteiger partial charge in [-0.15, -0.1) is 0 Å². The number of carbonyl (C=O) groups excluding carboxylic acids is 1. The Labute approximate surface area is 206 Å². The van der Waals surface area contributed by atoms with E-state index in [4.69, 9.17) is 11.6 Å². The van der Waals surface area contributed by atoms with Crippen molar-refractivity contribution in [2.24, 2.45) is 0 Å². The lowest BCUT2D eigenvalue weighted by molar-refractivity contribution is -0.135. The van der Waals surface area contributed by atoms with E-state index >= 15 is 0 Å². The molecule has 3 nitrogen and oxygen atoms in total. The standard InChI is InChI=1S/C26H30ClF3O3S/c1-17-12-21(15-22(27)13-17)25(3,4)16-20(9-11-34(32)33)19-7-8-23(18(2)14-19)24(31)6-5-10-26(28,29)30/h7-9,12-15H,5-6,10-11,16H2,1-4H3,(H,32,33)/p-1. The number of carbonyl (C=O) groups is 1. The number of halogens is 4. The van der Waals surface area contributed by atoms with Gasteiger partial charge in [-0.3, -0.25) is 9.00 Å². The van der Waals surface area contributed by atoms with Crippen molar-refractivity contribution in [3.8, 4) is 0 Å². The smallest absolute Gasteiger partial charge is 0.389 e. The Morgan fingerprint density at radius 1 is 1.12 bits per heavy atom. The lowest BCUT2D eigenvalue weighted by Crippen LogP contribution is -2.18. The molecule has 0 N–H and O–H groups in total. The minimum atomic E-state index is -4.28. The van der Waals surface area contributed by atoms with Crippen LogP contribution in [0, 0.1) is 13.8 Å². The zero-order valence-electron chi connectivity index (χ0n) is 19.7. The third kappa shape index (κ3) is 8.67. The molecule has 0 saturated carbocycles. The van der Waals surface area contributed by atoms with Crippen molar-refractivity contribution in [2.75, 3.05) is 5.75 Å². The van der Waals surface area contributed by atoms with Crippen molar-refractivity contribution in [1.82, 2.24) is 0 Å². The molecule has 34 heavy (non-hydrogen) atoms. The Hall–Kier alpha value is -1.96. The molecule has 0 radical (unpaired) electrons. The van der Waals surface area contributed by atoms with Gasteiger partial charge in [0.25, 0.3) is 0 Å². The third-order valence-corrected chi connectivity index (χ3v) is 6.34. The summed E-state index contributed by atoms with van der Waals surface area (Å²) in [6, 6.07) is 10.9. The van der Waals surface area contributed by atoms with Gasteiger partial charge >= 0.3 is 6.18 Å². The maximum Gasteiger partial charge on any atom is 0.389 e. The fourth-order valence-electron chi connectivity index (χ4n) is 3.93. The summed E-state index contributed by atoms with van der Waals surface area (Å²) in [6.45, 7) is 7.78.